The zero-order chi connectivity index (χ0) is 20.0. The van der Waals surface area contributed by atoms with E-state index in [9.17, 15) is 4.79 Å². The van der Waals surface area contributed by atoms with Crippen LogP contribution in [-0.2, 0) is 4.74 Å². The summed E-state index contributed by atoms with van der Waals surface area (Å²) in [6.45, 7) is 5.86. The van der Waals surface area contributed by atoms with Crippen LogP contribution in [0.3, 0.4) is 0 Å². The number of hydrogen-bond acceptors (Lipinski definition) is 7. The first-order chi connectivity index (χ1) is 14.0. The van der Waals surface area contributed by atoms with Crippen LogP contribution in [0, 0.1) is 24.7 Å². The maximum Gasteiger partial charge on any atom is 0.276 e. The Bertz CT molecular complexity index is 804. The van der Waals surface area contributed by atoms with E-state index in [-0.39, 0.29) is 10.8 Å². The van der Waals surface area contributed by atoms with E-state index >= 15 is 0 Å². The molecule has 2 saturated carbocycles. The minimum Gasteiger partial charge on any atom is -0.362 e. The second-order valence-electron chi connectivity index (χ2n) is 9.17. The van der Waals surface area contributed by atoms with E-state index in [1.807, 2.05) is 4.90 Å². The second-order valence-corrected chi connectivity index (χ2v) is 10.6. The van der Waals surface area contributed by atoms with Crippen molar-refractivity contribution in [1.82, 2.24) is 15.4 Å². The Morgan fingerprint density at radius 1 is 1.28 bits per heavy atom. The lowest BCUT2D eigenvalue weighted by Crippen LogP contribution is -2.49. The molecule has 4 atom stereocenters. The van der Waals surface area contributed by atoms with Crippen molar-refractivity contribution in [2.24, 2.45) is 22.7 Å². The normalized spacial score (nSPS) is 35.0. The maximum atomic E-state index is 12.6. The average molecular weight is 419 g/mol. The van der Waals surface area contributed by atoms with Crippen LogP contribution in [0.2, 0.25) is 0 Å². The molecule has 1 aromatic heterocycles. The molecule has 4 aliphatic rings. The van der Waals surface area contributed by atoms with E-state index in [4.69, 9.17) is 9.26 Å². The number of rotatable bonds is 3. The number of aromatic nitrogens is 1. The zero-order valence-corrected chi connectivity index (χ0v) is 18.0. The van der Waals surface area contributed by atoms with Crippen molar-refractivity contribution < 1.29 is 14.1 Å². The van der Waals surface area contributed by atoms with Gasteiger partial charge in [-0.1, -0.05) is 23.3 Å². The quantitative estimate of drug-likeness (QED) is 0.810. The molecule has 3 fully saturated rings. The summed E-state index contributed by atoms with van der Waals surface area (Å²) in [6.07, 6.45) is 7.31. The van der Waals surface area contributed by atoms with Gasteiger partial charge in [-0.3, -0.25) is 4.79 Å². The first-order valence-electron chi connectivity index (χ1n) is 10.9. The van der Waals surface area contributed by atoms with Crippen LogP contribution in [0.15, 0.2) is 15.6 Å². The number of nitrogens with one attached hydrogen (secondary N) is 1. The van der Waals surface area contributed by atoms with E-state index < -0.39 is 0 Å². The summed E-state index contributed by atoms with van der Waals surface area (Å²) < 4.78 is 11.2. The monoisotopic (exact) mass is 418 g/mol. The Hall–Kier alpha value is -1.54. The molecule has 1 unspecified atom stereocenters. The minimum absolute atomic E-state index is 0.0390. The number of amides is 1. The van der Waals surface area contributed by atoms with Gasteiger partial charge in [0, 0.05) is 31.1 Å². The molecule has 1 aromatic rings. The van der Waals surface area contributed by atoms with Gasteiger partial charge < -0.3 is 19.5 Å². The van der Waals surface area contributed by atoms with Crippen molar-refractivity contribution in [2.75, 3.05) is 19.8 Å². The molecular formula is C21H30N4O3S. The molecule has 0 spiro atoms. The fraction of sp³-hybridized carbons (Fsp3) is 0.762. The fourth-order valence-electron chi connectivity index (χ4n) is 5.57. The Morgan fingerprint density at radius 2 is 2.10 bits per heavy atom. The van der Waals surface area contributed by atoms with Crippen LogP contribution in [0.4, 0.5) is 0 Å². The molecule has 7 nitrogen and oxygen atoms in total. The van der Waals surface area contributed by atoms with Crippen LogP contribution in [0.25, 0.3) is 0 Å². The van der Waals surface area contributed by atoms with Crippen LogP contribution >= 0.6 is 11.8 Å². The van der Waals surface area contributed by atoms with Crippen LogP contribution < -0.4 is 5.32 Å². The van der Waals surface area contributed by atoms with Crippen LogP contribution in [-0.4, -0.2) is 51.9 Å². The predicted octanol–water partition coefficient (Wildman–Crippen LogP) is 3.41. The number of likely N-dealkylation sites (tertiary alicyclic amines) is 1. The Labute approximate surface area is 176 Å². The van der Waals surface area contributed by atoms with E-state index in [1.54, 1.807) is 24.8 Å². The molecule has 2 aliphatic carbocycles. The SMILES string of the molecule is Cc1cc(C(=O)N2CCC(C3(C)OCN=C(N[C@H]4C[C@@H]5CC[C@H]4C5)S3)CC2)no1. The van der Waals surface area contributed by atoms with Crippen LogP contribution in [0.5, 0.6) is 0 Å². The van der Waals surface area contributed by atoms with Gasteiger partial charge in [0.25, 0.3) is 5.91 Å². The number of carbonyl (C=O) groups is 1. The van der Waals surface area contributed by atoms with Crippen molar-refractivity contribution >= 4 is 22.8 Å². The van der Waals surface area contributed by atoms with E-state index in [0.717, 1.165) is 42.9 Å². The molecule has 3 heterocycles. The predicted molar refractivity (Wildman–Crippen MR) is 112 cm³/mol. The number of amidine groups is 1. The number of fused-ring (bicyclic) bond motifs is 2. The molecule has 0 radical (unpaired) electrons. The lowest BCUT2D eigenvalue weighted by Gasteiger charge is -2.43. The van der Waals surface area contributed by atoms with Gasteiger partial charge in [-0.15, -0.1) is 0 Å². The first kappa shape index (κ1) is 19.4. The van der Waals surface area contributed by atoms with Crippen molar-refractivity contribution in [1.29, 1.82) is 0 Å². The lowest BCUT2D eigenvalue weighted by atomic mass is 9.91. The highest BCUT2D eigenvalue weighted by atomic mass is 32.2. The van der Waals surface area contributed by atoms with Gasteiger partial charge in [-0.25, -0.2) is 4.99 Å². The van der Waals surface area contributed by atoms with Gasteiger partial charge in [0.15, 0.2) is 10.9 Å². The second kappa shape index (κ2) is 7.61. The summed E-state index contributed by atoms with van der Waals surface area (Å²) in [7, 11) is 0. The third-order valence-electron chi connectivity index (χ3n) is 7.28. The van der Waals surface area contributed by atoms with Crippen molar-refractivity contribution in [3.05, 3.63) is 17.5 Å². The van der Waals surface area contributed by atoms with Gasteiger partial charge in [0.1, 0.15) is 17.4 Å². The maximum absolute atomic E-state index is 12.6. The van der Waals surface area contributed by atoms with Gasteiger partial charge in [0.2, 0.25) is 0 Å². The number of aliphatic imine (C=N–C) groups is 1. The third-order valence-corrected chi connectivity index (χ3v) is 8.57. The number of ether oxygens (including phenoxy) is 1. The Kier molecular flexibility index (Phi) is 5.10. The summed E-state index contributed by atoms with van der Waals surface area (Å²) in [5.41, 5.74) is 0.403. The highest BCUT2D eigenvalue weighted by Crippen LogP contribution is 2.46. The Balaban J connectivity index is 1.17. The largest absolute Gasteiger partial charge is 0.362 e. The van der Waals surface area contributed by atoms with Gasteiger partial charge in [0.05, 0.1) is 0 Å². The number of hydrogen-bond donors (Lipinski definition) is 1. The number of nitrogens with zero attached hydrogens (tertiary/aromatic N) is 3. The molecule has 158 valence electrons. The Morgan fingerprint density at radius 3 is 2.76 bits per heavy atom. The summed E-state index contributed by atoms with van der Waals surface area (Å²) in [5, 5.41) is 8.66. The highest BCUT2D eigenvalue weighted by Gasteiger charge is 2.44. The first-order valence-corrected chi connectivity index (χ1v) is 11.7. The van der Waals surface area contributed by atoms with Crippen molar-refractivity contribution in [3.8, 4) is 0 Å². The highest BCUT2D eigenvalue weighted by molar-refractivity contribution is 8.14. The zero-order valence-electron chi connectivity index (χ0n) is 17.2. The topological polar surface area (TPSA) is 80.0 Å². The summed E-state index contributed by atoms with van der Waals surface area (Å²) in [4.78, 5) is 18.8. The van der Waals surface area contributed by atoms with Gasteiger partial charge >= 0.3 is 0 Å². The number of piperidine rings is 1. The summed E-state index contributed by atoms with van der Waals surface area (Å²) in [5.74, 6) is 2.76. The van der Waals surface area contributed by atoms with Crippen molar-refractivity contribution in [3.63, 3.8) is 0 Å². The summed E-state index contributed by atoms with van der Waals surface area (Å²) in [6, 6.07) is 2.30. The third kappa shape index (κ3) is 3.81. The standard InChI is InChI=1S/C21H30N4O3S/c1-13-9-18(24-28-13)19(26)25-7-5-16(6-8-25)21(2)27-12-22-20(29-21)23-17-11-14-3-4-15(17)10-14/h9,14-17H,3-8,10-12H2,1-2H3,(H,22,23)/t14-,15+,17+,21?/m1/s1. The van der Waals surface area contributed by atoms with Gasteiger partial charge in [-0.2, -0.15) is 0 Å². The number of thioether (sulfide) groups is 1. The van der Waals surface area contributed by atoms with Gasteiger partial charge in [-0.05, 0) is 57.8 Å². The molecule has 1 saturated heterocycles. The molecule has 2 aliphatic heterocycles. The molecule has 1 N–H and O–H groups in total. The van der Waals surface area contributed by atoms with Crippen LogP contribution in [0.1, 0.15) is 61.7 Å². The summed E-state index contributed by atoms with van der Waals surface area (Å²) >= 11 is 1.75. The van der Waals surface area contributed by atoms with E-state index in [0.29, 0.717) is 30.1 Å². The molecular weight excluding hydrogens is 388 g/mol. The van der Waals surface area contributed by atoms with E-state index in [2.05, 4.69) is 22.4 Å². The molecule has 29 heavy (non-hydrogen) atoms. The molecule has 2 bridgehead atoms. The lowest BCUT2D eigenvalue weighted by molar-refractivity contribution is -0.0202. The number of aryl methyl sites for hydroxylation is 1. The van der Waals surface area contributed by atoms with Crippen molar-refractivity contribution in [2.45, 2.75) is 63.3 Å². The minimum atomic E-state index is -0.290. The molecule has 8 heteroatoms. The molecule has 1 amide bonds. The average Bonchev–Trinajstić information content (AvgIpc) is 3.45. The van der Waals surface area contributed by atoms with E-state index in [1.165, 1.54) is 25.7 Å². The fourth-order valence-corrected chi connectivity index (χ4v) is 6.79. The molecule has 5 rings (SSSR count). The molecule has 0 aromatic carbocycles. The smallest absolute Gasteiger partial charge is 0.276 e. The number of carbonyl (C=O) groups excluding carboxylic acids is 1.